The minimum Gasteiger partial charge on any atom is -0.322 e. The van der Waals surface area contributed by atoms with Gasteiger partial charge in [0.25, 0.3) is 5.91 Å². The van der Waals surface area contributed by atoms with Crippen LogP contribution >= 0.6 is 11.3 Å². The van der Waals surface area contributed by atoms with Crippen LogP contribution in [0, 0.1) is 0 Å². The number of thiazole rings is 1. The molecule has 2 aromatic carbocycles. The Kier molecular flexibility index (Phi) is 3.95. The van der Waals surface area contributed by atoms with Gasteiger partial charge in [-0.3, -0.25) is 9.20 Å². The molecule has 0 atom stereocenters. The van der Waals surface area contributed by atoms with E-state index in [0.29, 0.717) is 5.56 Å². The molecule has 1 amide bonds. The van der Waals surface area contributed by atoms with E-state index in [4.69, 9.17) is 0 Å². The predicted octanol–water partition coefficient (Wildman–Crippen LogP) is 3.90. The van der Waals surface area contributed by atoms with Gasteiger partial charge < -0.3 is 5.32 Å². The van der Waals surface area contributed by atoms with Crippen molar-refractivity contribution in [1.29, 1.82) is 0 Å². The monoisotopic (exact) mass is 386 g/mol. The van der Waals surface area contributed by atoms with E-state index in [2.05, 4.69) is 20.4 Å². The Morgan fingerprint density at radius 3 is 2.57 bits per heavy atom. The lowest BCUT2D eigenvalue weighted by molar-refractivity contribution is 0.102. The maximum atomic E-state index is 12.5. The van der Waals surface area contributed by atoms with Gasteiger partial charge in [-0.2, -0.15) is 5.10 Å². The van der Waals surface area contributed by atoms with Gasteiger partial charge >= 0.3 is 0 Å². The second-order valence-corrected chi connectivity index (χ2v) is 7.01. The van der Waals surface area contributed by atoms with Crippen LogP contribution < -0.4 is 5.32 Å². The fraction of sp³-hybridized carbons (Fsp3) is 0. The van der Waals surface area contributed by atoms with Crippen molar-refractivity contribution in [2.24, 2.45) is 0 Å². The minimum absolute atomic E-state index is 0.166. The van der Waals surface area contributed by atoms with Gasteiger partial charge in [-0.05, 0) is 36.4 Å². The van der Waals surface area contributed by atoms with Crippen molar-refractivity contribution in [3.63, 3.8) is 0 Å². The Morgan fingerprint density at radius 2 is 1.86 bits per heavy atom. The van der Waals surface area contributed by atoms with Crippen molar-refractivity contribution >= 4 is 27.9 Å². The Labute approximate surface area is 163 Å². The van der Waals surface area contributed by atoms with Gasteiger partial charge in [-0.25, -0.2) is 14.6 Å². The summed E-state index contributed by atoms with van der Waals surface area (Å²) in [6, 6.07) is 14.9. The molecule has 0 aliphatic heterocycles. The summed E-state index contributed by atoms with van der Waals surface area (Å²) in [4.78, 5) is 22.0. The molecular formula is C20H14N6OS. The van der Waals surface area contributed by atoms with Gasteiger partial charge in [-0.15, -0.1) is 11.3 Å². The van der Waals surface area contributed by atoms with Crippen molar-refractivity contribution in [1.82, 2.24) is 24.1 Å². The summed E-state index contributed by atoms with van der Waals surface area (Å²) in [7, 11) is 0. The van der Waals surface area contributed by atoms with E-state index in [-0.39, 0.29) is 5.91 Å². The Balaban J connectivity index is 1.30. The van der Waals surface area contributed by atoms with E-state index in [1.165, 1.54) is 6.33 Å². The van der Waals surface area contributed by atoms with E-state index in [1.807, 2.05) is 58.6 Å². The number of aromatic nitrogens is 5. The van der Waals surface area contributed by atoms with Crippen LogP contribution in [0.1, 0.15) is 10.4 Å². The number of fused-ring (bicyclic) bond motifs is 1. The lowest BCUT2D eigenvalue weighted by Gasteiger charge is -2.07. The van der Waals surface area contributed by atoms with Crippen molar-refractivity contribution in [2.75, 3.05) is 5.32 Å². The third kappa shape index (κ3) is 3.06. The maximum absolute atomic E-state index is 12.5. The molecule has 8 heteroatoms. The fourth-order valence-electron chi connectivity index (χ4n) is 2.90. The summed E-state index contributed by atoms with van der Waals surface area (Å²) in [6.45, 7) is 0. The summed E-state index contributed by atoms with van der Waals surface area (Å²) in [5.74, 6) is -0.166. The summed E-state index contributed by atoms with van der Waals surface area (Å²) in [5, 5.41) is 8.99. The maximum Gasteiger partial charge on any atom is 0.255 e. The van der Waals surface area contributed by atoms with Crippen LogP contribution in [0.3, 0.4) is 0 Å². The zero-order valence-corrected chi connectivity index (χ0v) is 15.4. The first-order valence-corrected chi connectivity index (χ1v) is 9.43. The first kappa shape index (κ1) is 16.4. The highest BCUT2D eigenvalue weighted by atomic mass is 32.1. The van der Waals surface area contributed by atoms with Gasteiger partial charge in [0.1, 0.15) is 12.7 Å². The van der Waals surface area contributed by atoms with Crippen molar-refractivity contribution in [3.8, 4) is 16.9 Å². The van der Waals surface area contributed by atoms with Gasteiger partial charge in [-0.1, -0.05) is 12.1 Å². The number of nitrogens with one attached hydrogen (secondary N) is 1. The second-order valence-electron chi connectivity index (χ2n) is 6.14. The minimum atomic E-state index is -0.166. The Morgan fingerprint density at radius 1 is 1.04 bits per heavy atom. The Bertz CT molecular complexity index is 1210. The SMILES string of the molecule is O=C(Nc1ccc(-c2cn3ccsc3n2)cc1)c1ccc(-n2cncn2)cc1. The number of hydrogen-bond donors (Lipinski definition) is 1. The quantitative estimate of drug-likeness (QED) is 0.508. The number of carbonyl (C=O) groups excluding carboxylic acids is 1. The molecule has 0 saturated heterocycles. The number of anilines is 1. The predicted molar refractivity (Wildman–Crippen MR) is 108 cm³/mol. The standard InChI is InChI=1S/C20H14N6OS/c27-19(15-3-7-17(8-4-15)26-13-21-12-22-26)23-16-5-1-14(2-6-16)18-11-25-9-10-28-20(25)24-18/h1-13H,(H,23,27). The largest absolute Gasteiger partial charge is 0.322 e. The van der Waals surface area contributed by atoms with Crippen LogP contribution in [0.4, 0.5) is 5.69 Å². The van der Waals surface area contributed by atoms with Crippen LogP contribution in [0.15, 0.2) is 79.0 Å². The molecule has 0 unspecified atom stereocenters. The topological polar surface area (TPSA) is 77.1 Å². The molecule has 3 heterocycles. The number of hydrogen-bond acceptors (Lipinski definition) is 5. The number of benzene rings is 2. The van der Waals surface area contributed by atoms with Crippen LogP contribution in [-0.2, 0) is 0 Å². The van der Waals surface area contributed by atoms with E-state index < -0.39 is 0 Å². The molecule has 5 aromatic rings. The first-order valence-electron chi connectivity index (χ1n) is 8.55. The number of rotatable bonds is 4. The van der Waals surface area contributed by atoms with Crippen molar-refractivity contribution < 1.29 is 4.79 Å². The zero-order valence-electron chi connectivity index (χ0n) is 14.6. The van der Waals surface area contributed by atoms with Gasteiger partial charge in [0.05, 0.1) is 11.4 Å². The number of imidazole rings is 1. The van der Waals surface area contributed by atoms with Gasteiger partial charge in [0, 0.05) is 34.6 Å². The third-order valence-electron chi connectivity index (χ3n) is 4.34. The fourth-order valence-corrected chi connectivity index (χ4v) is 3.60. The van der Waals surface area contributed by atoms with Gasteiger partial charge in [0.15, 0.2) is 4.96 Å². The van der Waals surface area contributed by atoms with E-state index in [0.717, 1.165) is 27.6 Å². The highest BCUT2D eigenvalue weighted by Gasteiger charge is 2.09. The molecule has 7 nitrogen and oxygen atoms in total. The van der Waals surface area contributed by atoms with E-state index in [9.17, 15) is 4.79 Å². The third-order valence-corrected chi connectivity index (χ3v) is 5.12. The summed E-state index contributed by atoms with van der Waals surface area (Å²) < 4.78 is 3.64. The first-order chi connectivity index (χ1) is 13.8. The van der Waals surface area contributed by atoms with Crippen molar-refractivity contribution in [3.05, 3.63) is 84.5 Å². The molecule has 1 N–H and O–H groups in total. The zero-order chi connectivity index (χ0) is 18.9. The van der Waals surface area contributed by atoms with Crippen LogP contribution in [0.25, 0.3) is 21.9 Å². The molecule has 0 radical (unpaired) electrons. The van der Waals surface area contributed by atoms with Crippen LogP contribution in [0.2, 0.25) is 0 Å². The average Bonchev–Trinajstić information content (AvgIpc) is 3.46. The average molecular weight is 386 g/mol. The van der Waals surface area contributed by atoms with E-state index >= 15 is 0 Å². The molecule has 0 bridgehead atoms. The summed E-state index contributed by atoms with van der Waals surface area (Å²) in [5.41, 5.74) is 4.07. The molecule has 0 spiro atoms. The molecule has 0 aliphatic rings. The lowest BCUT2D eigenvalue weighted by atomic mass is 10.1. The summed E-state index contributed by atoms with van der Waals surface area (Å²) in [6.07, 6.45) is 7.06. The molecule has 0 saturated carbocycles. The lowest BCUT2D eigenvalue weighted by Crippen LogP contribution is -2.11. The molecule has 28 heavy (non-hydrogen) atoms. The highest BCUT2D eigenvalue weighted by Crippen LogP contribution is 2.23. The van der Waals surface area contributed by atoms with Crippen LogP contribution in [-0.4, -0.2) is 30.1 Å². The number of amides is 1. The van der Waals surface area contributed by atoms with Gasteiger partial charge in [0.2, 0.25) is 0 Å². The van der Waals surface area contributed by atoms with E-state index in [1.54, 1.807) is 34.5 Å². The molecule has 0 fully saturated rings. The van der Waals surface area contributed by atoms with Crippen molar-refractivity contribution in [2.45, 2.75) is 0 Å². The number of carbonyl (C=O) groups is 1. The second kappa shape index (κ2) is 6.75. The normalized spacial score (nSPS) is 11.0. The smallest absolute Gasteiger partial charge is 0.255 e. The number of nitrogens with zero attached hydrogens (tertiary/aromatic N) is 5. The molecular weight excluding hydrogens is 372 g/mol. The molecule has 136 valence electrons. The molecule has 5 rings (SSSR count). The van der Waals surface area contributed by atoms with Crippen LogP contribution in [0.5, 0.6) is 0 Å². The molecule has 0 aliphatic carbocycles. The Hall–Kier alpha value is -3.78. The molecule has 3 aromatic heterocycles. The highest BCUT2D eigenvalue weighted by molar-refractivity contribution is 7.15. The summed E-state index contributed by atoms with van der Waals surface area (Å²) >= 11 is 1.60.